The molecule has 1 saturated heterocycles. The lowest BCUT2D eigenvalue weighted by atomic mass is 9.99. The summed E-state index contributed by atoms with van der Waals surface area (Å²) in [6, 6.07) is 20.6. The van der Waals surface area contributed by atoms with Crippen LogP contribution in [0, 0.1) is 0 Å². The Bertz CT molecular complexity index is 499. The molecule has 3 rings (SSSR count). The smallest absolute Gasteiger partial charge is 0.259 e. The highest BCUT2D eigenvalue weighted by atomic mass is 31.2. The molecule has 2 aromatic rings. The standard InChI is InChI=1S/C16H18NO2P/c1-17(2)20-18-15(13-9-5-3-6-10-13)16(19-20)14-11-7-4-8-12-14/h3-12,15-16H,1-2H3. The van der Waals surface area contributed by atoms with E-state index < -0.39 is 8.53 Å². The van der Waals surface area contributed by atoms with Gasteiger partial charge in [0, 0.05) is 0 Å². The summed E-state index contributed by atoms with van der Waals surface area (Å²) in [5, 5.41) is 0. The Morgan fingerprint density at radius 3 is 1.50 bits per heavy atom. The molecule has 2 atom stereocenters. The van der Waals surface area contributed by atoms with E-state index in [-0.39, 0.29) is 12.2 Å². The van der Waals surface area contributed by atoms with Crippen molar-refractivity contribution in [2.45, 2.75) is 12.2 Å². The van der Waals surface area contributed by atoms with E-state index in [0.29, 0.717) is 0 Å². The third-order valence-corrected chi connectivity index (χ3v) is 4.73. The normalized spacial score (nSPS) is 26.1. The fourth-order valence-corrected chi connectivity index (χ4v) is 3.55. The average Bonchev–Trinajstić information content (AvgIpc) is 2.94. The van der Waals surface area contributed by atoms with Gasteiger partial charge >= 0.3 is 0 Å². The molecular formula is C16H18NO2P. The highest BCUT2D eigenvalue weighted by Gasteiger charge is 2.40. The number of hydrogen-bond acceptors (Lipinski definition) is 3. The Kier molecular flexibility index (Phi) is 4.13. The van der Waals surface area contributed by atoms with Crippen molar-refractivity contribution in [3.63, 3.8) is 0 Å². The summed E-state index contributed by atoms with van der Waals surface area (Å²) in [6.07, 6.45) is -0.0979. The van der Waals surface area contributed by atoms with Gasteiger partial charge in [-0.25, -0.2) is 4.67 Å². The largest absolute Gasteiger partial charge is 0.311 e. The molecule has 0 aliphatic carbocycles. The zero-order valence-corrected chi connectivity index (χ0v) is 12.5. The Balaban J connectivity index is 1.93. The molecule has 0 spiro atoms. The summed E-state index contributed by atoms with van der Waals surface area (Å²) in [5.74, 6) is 0. The van der Waals surface area contributed by atoms with Crippen molar-refractivity contribution in [2.24, 2.45) is 0 Å². The van der Waals surface area contributed by atoms with Crippen LogP contribution in [0.3, 0.4) is 0 Å². The molecule has 1 aliphatic heterocycles. The molecule has 0 bridgehead atoms. The average molecular weight is 287 g/mol. The lowest BCUT2D eigenvalue weighted by molar-refractivity contribution is 0.159. The summed E-state index contributed by atoms with van der Waals surface area (Å²) >= 11 is 0. The number of nitrogens with zero attached hydrogens (tertiary/aromatic N) is 1. The Morgan fingerprint density at radius 1 is 0.750 bits per heavy atom. The fourth-order valence-electron chi connectivity index (χ4n) is 2.27. The summed E-state index contributed by atoms with van der Waals surface area (Å²) in [5.41, 5.74) is 2.32. The maximum atomic E-state index is 6.14. The Hall–Kier alpha value is -1.25. The first-order valence-electron chi connectivity index (χ1n) is 6.66. The second-order valence-corrected chi connectivity index (χ2v) is 6.66. The van der Waals surface area contributed by atoms with Gasteiger partial charge in [0.15, 0.2) is 0 Å². The summed E-state index contributed by atoms with van der Waals surface area (Å²) in [6.45, 7) is 0. The van der Waals surface area contributed by atoms with E-state index in [4.69, 9.17) is 9.05 Å². The van der Waals surface area contributed by atoms with Crippen LogP contribution >= 0.6 is 8.53 Å². The van der Waals surface area contributed by atoms with Gasteiger partial charge in [-0.15, -0.1) is 0 Å². The molecule has 1 fully saturated rings. The lowest BCUT2D eigenvalue weighted by Gasteiger charge is -2.16. The fraction of sp³-hybridized carbons (Fsp3) is 0.250. The van der Waals surface area contributed by atoms with Crippen LogP contribution in [0.1, 0.15) is 23.3 Å². The third kappa shape index (κ3) is 2.77. The first kappa shape index (κ1) is 13.7. The second-order valence-electron chi connectivity index (χ2n) is 4.96. The minimum atomic E-state index is -0.997. The van der Waals surface area contributed by atoms with Gasteiger partial charge in [-0.3, -0.25) is 0 Å². The Labute approximate surface area is 121 Å². The minimum absolute atomic E-state index is 0.0490. The van der Waals surface area contributed by atoms with Crippen molar-refractivity contribution in [1.29, 1.82) is 0 Å². The van der Waals surface area contributed by atoms with Gasteiger partial charge < -0.3 is 9.05 Å². The second kappa shape index (κ2) is 6.02. The minimum Gasteiger partial charge on any atom is -0.311 e. The molecule has 2 aromatic carbocycles. The van der Waals surface area contributed by atoms with Crippen LogP contribution in [0.5, 0.6) is 0 Å². The van der Waals surface area contributed by atoms with Crippen molar-refractivity contribution < 1.29 is 9.05 Å². The predicted octanol–water partition coefficient (Wildman–Crippen LogP) is 4.30. The zero-order valence-electron chi connectivity index (χ0n) is 11.6. The highest BCUT2D eigenvalue weighted by Crippen LogP contribution is 2.60. The molecule has 1 heterocycles. The van der Waals surface area contributed by atoms with Gasteiger partial charge in [-0.2, -0.15) is 0 Å². The van der Waals surface area contributed by atoms with Crippen LogP contribution in [0.2, 0.25) is 0 Å². The topological polar surface area (TPSA) is 21.7 Å². The number of benzene rings is 2. The van der Waals surface area contributed by atoms with Gasteiger partial charge in [0.05, 0.1) is 0 Å². The summed E-state index contributed by atoms with van der Waals surface area (Å²) in [7, 11) is 2.98. The molecule has 20 heavy (non-hydrogen) atoms. The zero-order chi connectivity index (χ0) is 13.9. The summed E-state index contributed by atoms with van der Waals surface area (Å²) < 4.78 is 14.3. The lowest BCUT2D eigenvalue weighted by Crippen LogP contribution is -2.06. The van der Waals surface area contributed by atoms with Crippen LogP contribution in [-0.2, 0) is 9.05 Å². The van der Waals surface area contributed by atoms with Crippen molar-refractivity contribution in [3.05, 3.63) is 71.8 Å². The quantitative estimate of drug-likeness (QED) is 0.785. The highest BCUT2D eigenvalue weighted by molar-refractivity contribution is 7.44. The van der Waals surface area contributed by atoms with E-state index in [0.717, 1.165) is 11.1 Å². The van der Waals surface area contributed by atoms with E-state index >= 15 is 0 Å². The molecule has 3 nitrogen and oxygen atoms in total. The van der Waals surface area contributed by atoms with Crippen LogP contribution in [0.4, 0.5) is 0 Å². The number of rotatable bonds is 3. The first-order chi connectivity index (χ1) is 9.75. The molecule has 0 saturated carbocycles. The van der Waals surface area contributed by atoms with Gasteiger partial charge in [0.1, 0.15) is 12.2 Å². The van der Waals surface area contributed by atoms with Crippen LogP contribution < -0.4 is 0 Å². The van der Waals surface area contributed by atoms with Crippen LogP contribution in [-0.4, -0.2) is 18.8 Å². The number of hydrogen-bond donors (Lipinski definition) is 0. The van der Waals surface area contributed by atoms with Gasteiger partial charge in [0.2, 0.25) is 0 Å². The molecule has 0 N–H and O–H groups in total. The van der Waals surface area contributed by atoms with E-state index in [2.05, 4.69) is 24.3 Å². The first-order valence-corrected chi connectivity index (χ1v) is 7.79. The van der Waals surface area contributed by atoms with Gasteiger partial charge in [0.25, 0.3) is 8.53 Å². The molecular weight excluding hydrogens is 269 g/mol. The molecule has 4 heteroatoms. The third-order valence-electron chi connectivity index (χ3n) is 3.27. The Morgan fingerprint density at radius 2 is 1.15 bits per heavy atom. The van der Waals surface area contributed by atoms with E-state index in [1.807, 2.05) is 55.2 Å². The molecule has 0 radical (unpaired) electrons. The van der Waals surface area contributed by atoms with E-state index in [1.165, 1.54) is 0 Å². The van der Waals surface area contributed by atoms with Crippen molar-refractivity contribution in [2.75, 3.05) is 14.1 Å². The van der Waals surface area contributed by atoms with Crippen molar-refractivity contribution in [1.82, 2.24) is 4.67 Å². The maximum Gasteiger partial charge on any atom is 0.259 e. The molecule has 0 amide bonds. The van der Waals surface area contributed by atoms with E-state index in [9.17, 15) is 0 Å². The predicted molar refractivity (Wildman–Crippen MR) is 81.1 cm³/mol. The van der Waals surface area contributed by atoms with Crippen LogP contribution in [0.25, 0.3) is 0 Å². The SMILES string of the molecule is CN(C)P1OC(c2ccccc2)C(c2ccccc2)O1. The van der Waals surface area contributed by atoms with Gasteiger partial charge in [-0.1, -0.05) is 60.7 Å². The maximum absolute atomic E-state index is 6.14. The van der Waals surface area contributed by atoms with E-state index in [1.54, 1.807) is 0 Å². The molecule has 104 valence electrons. The summed E-state index contributed by atoms with van der Waals surface area (Å²) in [4.78, 5) is 0. The molecule has 2 unspecified atom stereocenters. The molecule has 1 aliphatic rings. The molecule has 0 aromatic heterocycles. The monoisotopic (exact) mass is 287 g/mol. The van der Waals surface area contributed by atoms with Gasteiger partial charge in [-0.05, 0) is 25.2 Å². The van der Waals surface area contributed by atoms with Crippen molar-refractivity contribution >= 4 is 8.53 Å². The van der Waals surface area contributed by atoms with Crippen LogP contribution in [0.15, 0.2) is 60.7 Å². The van der Waals surface area contributed by atoms with Crippen molar-refractivity contribution in [3.8, 4) is 0 Å².